The Morgan fingerprint density at radius 1 is 1.10 bits per heavy atom. The summed E-state index contributed by atoms with van der Waals surface area (Å²) in [5, 5.41) is 9.18. The van der Waals surface area contributed by atoms with E-state index in [2.05, 4.69) is 4.72 Å². The maximum Gasteiger partial charge on any atom is 0.261 e. The largest absolute Gasteiger partial charge is 0.508 e. The van der Waals surface area contributed by atoms with Crippen molar-refractivity contribution in [1.82, 2.24) is 0 Å². The van der Waals surface area contributed by atoms with Gasteiger partial charge in [0.25, 0.3) is 10.0 Å². The third-order valence-corrected chi connectivity index (χ3v) is 4.19. The number of aryl methyl sites for hydroxylation is 1. The van der Waals surface area contributed by atoms with Crippen LogP contribution in [0.3, 0.4) is 0 Å². The quantitative estimate of drug-likeness (QED) is 0.908. The molecule has 2 rings (SSSR count). The number of hydrogen-bond donors (Lipinski definition) is 2. The Balaban J connectivity index is 2.28. The normalized spacial score (nSPS) is 11.1. The minimum absolute atomic E-state index is 0.0178. The van der Waals surface area contributed by atoms with Gasteiger partial charge in [-0.25, -0.2) is 8.42 Å². The molecule has 2 N–H and O–H groups in total. The summed E-state index contributed by atoms with van der Waals surface area (Å²) in [5.41, 5.74) is 1.29. The highest BCUT2D eigenvalue weighted by atomic mass is 32.2. The van der Waals surface area contributed by atoms with Gasteiger partial charge in [-0.2, -0.15) is 0 Å². The second kappa shape index (κ2) is 5.42. The third-order valence-electron chi connectivity index (χ3n) is 2.79. The van der Waals surface area contributed by atoms with Crippen molar-refractivity contribution in [2.24, 2.45) is 0 Å². The number of benzene rings is 2. The lowest BCUT2D eigenvalue weighted by molar-refractivity contribution is 0.412. The van der Waals surface area contributed by atoms with Crippen LogP contribution in [-0.2, 0) is 10.0 Å². The second-order valence-corrected chi connectivity index (χ2v) is 5.97. The van der Waals surface area contributed by atoms with Crippen LogP contribution >= 0.6 is 0 Å². The lowest BCUT2D eigenvalue weighted by Gasteiger charge is -2.10. The Morgan fingerprint density at radius 3 is 2.30 bits per heavy atom. The summed E-state index contributed by atoms with van der Waals surface area (Å²) in [6, 6.07) is 10.4. The molecule has 0 unspecified atom stereocenters. The molecule has 0 fully saturated rings. The van der Waals surface area contributed by atoms with Crippen molar-refractivity contribution >= 4 is 15.7 Å². The second-order valence-electron chi connectivity index (χ2n) is 4.28. The highest BCUT2D eigenvalue weighted by molar-refractivity contribution is 7.92. The number of sulfonamides is 1. The Kier molecular flexibility index (Phi) is 3.85. The highest BCUT2D eigenvalue weighted by Crippen LogP contribution is 2.24. The van der Waals surface area contributed by atoms with Gasteiger partial charge < -0.3 is 9.84 Å². The molecule has 106 valence electrons. The SMILES string of the molecule is COc1ccc(NS(=O)(=O)c2ccc(O)cc2)cc1C. The number of methoxy groups -OCH3 is 1. The molecule has 0 spiro atoms. The van der Waals surface area contributed by atoms with E-state index in [0.29, 0.717) is 11.4 Å². The summed E-state index contributed by atoms with van der Waals surface area (Å²) in [7, 11) is -2.11. The minimum atomic E-state index is -3.67. The van der Waals surface area contributed by atoms with Crippen molar-refractivity contribution in [3.63, 3.8) is 0 Å². The van der Waals surface area contributed by atoms with Gasteiger partial charge in [0.1, 0.15) is 11.5 Å². The first-order chi connectivity index (χ1) is 9.42. The van der Waals surface area contributed by atoms with Gasteiger partial charge in [-0.05, 0) is 55.0 Å². The molecule has 0 saturated carbocycles. The third kappa shape index (κ3) is 3.03. The summed E-state index contributed by atoms with van der Waals surface area (Å²) < 4.78 is 31.9. The number of aromatic hydroxyl groups is 1. The van der Waals surface area contributed by atoms with E-state index in [1.54, 1.807) is 25.3 Å². The molecule has 0 bridgehead atoms. The lowest BCUT2D eigenvalue weighted by atomic mass is 10.2. The summed E-state index contributed by atoms with van der Waals surface area (Å²) in [6.07, 6.45) is 0. The van der Waals surface area contributed by atoms with Crippen molar-refractivity contribution in [3.05, 3.63) is 48.0 Å². The van der Waals surface area contributed by atoms with Crippen LogP contribution in [0, 0.1) is 6.92 Å². The molecule has 2 aromatic carbocycles. The average Bonchev–Trinajstić information content (AvgIpc) is 2.39. The van der Waals surface area contributed by atoms with Crippen molar-refractivity contribution in [2.45, 2.75) is 11.8 Å². The summed E-state index contributed by atoms with van der Waals surface area (Å²) in [6.45, 7) is 1.83. The van der Waals surface area contributed by atoms with Gasteiger partial charge in [0.15, 0.2) is 0 Å². The highest BCUT2D eigenvalue weighted by Gasteiger charge is 2.14. The fraction of sp³-hybridized carbons (Fsp3) is 0.143. The molecule has 0 heterocycles. The van der Waals surface area contributed by atoms with Gasteiger partial charge in [-0.3, -0.25) is 4.72 Å². The van der Waals surface area contributed by atoms with E-state index in [1.807, 2.05) is 6.92 Å². The Bertz CT molecular complexity index is 708. The van der Waals surface area contributed by atoms with E-state index in [0.717, 1.165) is 5.56 Å². The molecule has 0 aliphatic heterocycles. The summed E-state index contributed by atoms with van der Waals surface area (Å²) in [4.78, 5) is 0.0868. The number of phenols is 1. The van der Waals surface area contributed by atoms with Crippen molar-refractivity contribution in [3.8, 4) is 11.5 Å². The van der Waals surface area contributed by atoms with Gasteiger partial charge in [0, 0.05) is 5.69 Å². The van der Waals surface area contributed by atoms with Crippen molar-refractivity contribution < 1.29 is 18.3 Å². The standard InChI is InChI=1S/C14H15NO4S/c1-10-9-11(3-8-14(10)19-2)15-20(17,18)13-6-4-12(16)5-7-13/h3-9,15-16H,1-2H3. The zero-order chi connectivity index (χ0) is 14.8. The van der Waals surface area contributed by atoms with E-state index < -0.39 is 10.0 Å². The number of hydrogen-bond acceptors (Lipinski definition) is 4. The molecule has 0 aromatic heterocycles. The molecule has 0 amide bonds. The molecule has 6 heteroatoms. The Labute approximate surface area is 117 Å². The van der Waals surface area contributed by atoms with Crippen LogP contribution in [0.15, 0.2) is 47.4 Å². The monoisotopic (exact) mass is 293 g/mol. The first-order valence-corrected chi connectivity index (χ1v) is 7.37. The number of nitrogens with one attached hydrogen (secondary N) is 1. The van der Waals surface area contributed by atoms with E-state index in [9.17, 15) is 13.5 Å². The predicted octanol–water partition coefficient (Wildman–Crippen LogP) is 2.51. The number of anilines is 1. The maximum absolute atomic E-state index is 12.2. The molecule has 20 heavy (non-hydrogen) atoms. The molecule has 0 radical (unpaired) electrons. The van der Waals surface area contributed by atoms with Crippen LogP contribution in [-0.4, -0.2) is 20.6 Å². The molecular formula is C14H15NO4S. The average molecular weight is 293 g/mol. The first kappa shape index (κ1) is 14.2. The number of rotatable bonds is 4. The molecule has 5 nitrogen and oxygen atoms in total. The maximum atomic E-state index is 12.2. The topological polar surface area (TPSA) is 75.6 Å². The Hall–Kier alpha value is -2.21. The van der Waals surface area contributed by atoms with Gasteiger partial charge in [-0.15, -0.1) is 0 Å². The zero-order valence-corrected chi connectivity index (χ0v) is 11.9. The smallest absolute Gasteiger partial charge is 0.261 e. The van der Waals surface area contributed by atoms with Crippen LogP contribution in [0.4, 0.5) is 5.69 Å². The molecule has 0 aliphatic rings. The van der Waals surface area contributed by atoms with E-state index in [4.69, 9.17) is 4.74 Å². The Morgan fingerprint density at radius 2 is 1.75 bits per heavy atom. The summed E-state index contributed by atoms with van der Waals surface area (Å²) in [5.74, 6) is 0.710. The molecule has 0 atom stereocenters. The van der Waals surface area contributed by atoms with Crippen molar-refractivity contribution in [2.75, 3.05) is 11.8 Å². The van der Waals surface area contributed by atoms with Gasteiger partial charge in [-0.1, -0.05) is 0 Å². The zero-order valence-electron chi connectivity index (χ0n) is 11.1. The van der Waals surface area contributed by atoms with Gasteiger partial charge in [0.05, 0.1) is 12.0 Å². The molecule has 2 aromatic rings. The van der Waals surface area contributed by atoms with Crippen LogP contribution in [0.1, 0.15) is 5.56 Å². The predicted molar refractivity (Wildman–Crippen MR) is 76.6 cm³/mol. The van der Waals surface area contributed by atoms with Crippen LogP contribution in [0.2, 0.25) is 0 Å². The molecule has 0 saturated heterocycles. The fourth-order valence-electron chi connectivity index (χ4n) is 1.78. The van der Waals surface area contributed by atoms with Crippen LogP contribution in [0.25, 0.3) is 0 Å². The lowest BCUT2D eigenvalue weighted by Crippen LogP contribution is -2.12. The van der Waals surface area contributed by atoms with E-state index >= 15 is 0 Å². The first-order valence-electron chi connectivity index (χ1n) is 5.89. The minimum Gasteiger partial charge on any atom is -0.508 e. The number of ether oxygens (including phenoxy) is 1. The van der Waals surface area contributed by atoms with E-state index in [1.165, 1.54) is 24.3 Å². The molecule has 0 aliphatic carbocycles. The van der Waals surface area contributed by atoms with Crippen LogP contribution < -0.4 is 9.46 Å². The van der Waals surface area contributed by atoms with Gasteiger partial charge in [0.2, 0.25) is 0 Å². The molecular weight excluding hydrogens is 278 g/mol. The van der Waals surface area contributed by atoms with Crippen LogP contribution in [0.5, 0.6) is 11.5 Å². The fourth-order valence-corrected chi connectivity index (χ4v) is 2.83. The van der Waals surface area contributed by atoms with Gasteiger partial charge >= 0.3 is 0 Å². The van der Waals surface area contributed by atoms with E-state index in [-0.39, 0.29) is 10.6 Å². The number of phenolic OH excluding ortho intramolecular Hbond substituents is 1. The summed E-state index contributed by atoms with van der Waals surface area (Å²) >= 11 is 0. The van der Waals surface area contributed by atoms with Crippen molar-refractivity contribution in [1.29, 1.82) is 0 Å².